The van der Waals surface area contributed by atoms with Gasteiger partial charge in [-0.1, -0.05) is 0 Å². The van der Waals surface area contributed by atoms with Crippen molar-refractivity contribution in [3.05, 3.63) is 0 Å². The summed E-state index contributed by atoms with van der Waals surface area (Å²) in [6.07, 6.45) is 4.84. The molecule has 0 aromatic heterocycles. The van der Waals surface area contributed by atoms with Gasteiger partial charge in [0.15, 0.2) is 0 Å². The van der Waals surface area contributed by atoms with Crippen LogP contribution in [-0.4, -0.2) is 98.4 Å². The van der Waals surface area contributed by atoms with Crippen LogP contribution in [0.1, 0.15) is 51.9 Å². The van der Waals surface area contributed by atoms with Crippen molar-refractivity contribution in [2.45, 2.75) is 68.7 Å². The molecule has 0 radical (unpaired) electrons. The van der Waals surface area contributed by atoms with Crippen LogP contribution < -0.4 is 10.1 Å². The van der Waals surface area contributed by atoms with Gasteiger partial charge in [0.25, 0.3) is 0 Å². The van der Waals surface area contributed by atoms with Gasteiger partial charge in [0.1, 0.15) is 0 Å². The lowest BCUT2D eigenvalue weighted by Gasteiger charge is -2.49. The maximum Gasteiger partial charge on any atom is 0.326 e. The van der Waals surface area contributed by atoms with Gasteiger partial charge in [-0.2, -0.15) is 0 Å². The van der Waals surface area contributed by atoms with E-state index < -0.39 is 21.2 Å². The van der Waals surface area contributed by atoms with Crippen molar-refractivity contribution in [2.75, 3.05) is 46.4 Å². The summed E-state index contributed by atoms with van der Waals surface area (Å²) in [6, 6.07) is -0.413. The number of nitrogens with one attached hydrogen (secondary N) is 2. The molecule has 5 aliphatic rings. The third kappa shape index (κ3) is 5.00. The van der Waals surface area contributed by atoms with Crippen molar-refractivity contribution < 1.29 is 22.7 Å². The van der Waals surface area contributed by atoms with Gasteiger partial charge in [0.2, 0.25) is 15.9 Å². The number of hydrogen-bond donors (Lipinski definition) is 2. The summed E-state index contributed by atoms with van der Waals surface area (Å²) in [7, 11) is -1.56. The number of carbonyl (C=O) groups is 2. The topological polar surface area (TPSA) is 111 Å². The third-order valence-electron chi connectivity index (χ3n) is 8.47. The number of rotatable bonds is 7. The zero-order valence-corrected chi connectivity index (χ0v) is 21.2. The molecule has 3 aliphatic heterocycles. The molecular formula is C23H39N5O5S. The maximum atomic E-state index is 13.7. The molecule has 5 rings (SSSR count). The Morgan fingerprint density at radius 2 is 1.82 bits per heavy atom. The largest absolute Gasteiger partial charge is 0.381 e. The number of nitrogens with zero attached hydrogens (tertiary/aromatic N) is 3. The average Bonchev–Trinajstić information content (AvgIpc) is 3.37. The third-order valence-corrected chi connectivity index (χ3v) is 10.6. The highest BCUT2D eigenvalue weighted by molar-refractivity contribution is 7.90. The fourth-order valence-electron chi connectivity index (χ4n) is 6.11. The van der Waals surface area contributed by atoms with E-state index in [0.717, 1.165) is 38.8 Å². The zero-order chi connectivity index (χ0) is 24.1. The minimum atomic E-state index is -3.52. The molecule has 4 unspecified atom stereocenters. The SMILES string of the molecule is CN1CC(CN2C(=O)C3CC(S(=O)(=O)NC4(C)CC4)CCC3N(CC3CCOCC3)C2=O)CN1. The molecule has 3 heterocycles. The minimum Gasteiger partial charge on any atom is -0.381 e. The highest BCUT2D eigenvalue weighted by Crippen LogP contribution is 2.40. The first kappa shape index (κ1) is 24.4. The fraction of sp³-hybridized carbons (Fsp3) is 0.913. The molecule has 11 heteroatoms. The van der Waals surface area contributed by atoms with Crippen molar-refractivity contribution in [3.63, 3.8) is 0 Å². The summed E-state index contributed by atoms with van der Waals surface area (Å²) in [5.41, 5.74) is 2.92. The Balaban J connectivity index is 1.36. The van der Waals surface area contributed by atoms with Crippen LogP contribution in [0.5, 0.6) is 0 Å². The highest BCUT2D eigenvalue weighted by atomic mass is 32.2. The van der Waals surface area contributed by atoms with Gasteiger partial charge >= 0.3 is 6.03 Å². The predicted molar refractivity (Wildman–Crippen MR) is 126 cm³/mol. The Kier molecular flexibility index (Phi) is 6.69. The van der Waals surface area contributed by atoms with Crippen LogP contribution >= 0.6 is 0 Å². The summed E-state index contributed by atoms with van der Waals surface area (Å²) >= 11 is 0. The first-order valence-corrected chi connectivity index (χ1v) is 14.4. The molecule has 0 aromatic rings. The van der Waals surface area contributed by atoms with E-state index >= 15 is 0 Å². The van der Waals surface area contributed by atoms with E-state index in [9.17, 15) is 18.0 Å². The fourth-order valence-corrected chi connectivity index (χ4v) is 8.08. The molecule has 192 valence electrons. The minimum absolute atomic E-state index is 0.166. The molecule has 2 N–H and O–H groups in total. The quantitative estimate of drug-likeness (QED) is 0.534. The van der Waals surface area contributed by atoms with Crippen molar-refractivity contribution >= 4 is 22.0 Å². The Hall–Kier alpha value is -1.27. The molecule has 0 spiro atoms. The second kappa shape index (κ2) is 9.31. The van der Waals surface area contributed by atoms with Gasteiger partial charge in [0.05, 0.1) is 11.2 Å². The molecule has 5 fully saturated rings. The van der Waals surface area contributed by atoms with E-state index in [2.05, 4.69) is 10.1 Å². The highest BCUT2D eigenvalue weighted by Gasteiger charge is 2.52. The van der Waals surface area contributed by atoms with E-state index in [1.165, 1.54) is 4.90 Å². The molecule has 3 amide bonds. The van der Waals surface area contributed by atoms with E-state index in [4.69, 9.17) is 4.74 Å². The van der Waals surface area contributed by atoms with Gasteiger partial charge in [-0.3, -0.25) is 15.1 Å². The molecule has 2 aliphatic carbocycles. The summed E-state index contributed by atoms with van der Waals surface area (Å²) in [4.78, 5) is 30.6. The van der Waals surface area contributed by atoms with E-state index in [-0.39, 0.29) is 35.9 Å². The summed E-state index contributed by atoms with van der Waals surface area (Å²) in [5, 5.41) is 1.40. The lowest BCUT2D eigenvalue weighted by Crippen LogP contribution is -2.65. The van der Waals surface area contributed by atoms with Crippen LogP contribution in [0, 0.1) is 17.8 Å². The molecule has 0 bridgehead atoms. The lowest BCUT2D eigenvalue weighted by molar-refractivity contribution is -0.141. The van der Waals surface area contributed by atoms with Crippen LogP contribution in [0.2, 0.25) is 0 Å². The summed E-state index contributed by atoms with van der Waals surface area (Å²) in [5.74, 6) is -0.137. The zero-order valence-electron chi connectivity index (χ0n) is 20.4. The second-order valence-corrected chi connectivity index (χ2v) is 13.3. The van der Waals surface area contributed by atoms with Crippen LogP contribution in [0.15, 0.2) is 0 Å². The van der Waals surface area contributed by atoms with Crippen molar-refractivity contribution in [1.29, 1.82) is 0 Å². The van der Waals surface area contributed by atoms with Gasteiger partial charge in [0, 0.05) is 63.9 Å². The molecular weight excluding hydrogens is 458 g/mol. The first-order valence-electron chi connectivity index (χ1n) is 12.8. The smallest absolute Gasteiger partial charge is 0.326 e. The van der Waals surface area contributed by atoms with E-state index in [1.54, 1.807) is 0 Å². The predicted octanol–water partition coefficient (Wildman–Crippen LogP) is 0.753. The van der Waals surface area contributed by atoms with Gasteiger partial charge in [-0.25, -0.2) is 22.9 Å². The van der Waals surface area contributed by atoms with Crippen LogP contribution in [0.4, 0.5) is 4.79 Å². The normalized spacial score (nSPS) is 35.0. The van der Waals surface area contributed by atoms with Crippen LogP contribution in [0.25, 0.3) is 0 Å². The number of imide groups is 1. The molecule has 3 saturated heterocycles. The number of hydrazine groups is 1. The van der Waals surface area contributed by atoms with E-state index in [0.29, 0.717) is 45.1 Å². The number of carbonyl (C=O) groups excluding carboxylic acids is 2. The maximum absolute atomic E-state index is 13.7. The average molecular weight is 498 g/mol. The summed E-state index contributed by atoms with van der Waals surface area (Å²) in [6.45, 7) is 5.82. The lowest BCUT2D eigenvalue weighted by atomic mass is 9.80. The van der Waals surface area contributed by atoms with Crippen molar-refractivity contribution in [3.8, 4) is 0 Å². The molecule has 34 heavy (non-hydrogen) atoms. The van der Waals surface area contributed by atoms with Gasteiger partial charge in [-0.05, 0) is 57.8 Å². The number of amides is 3. The van der Waals surface area contributed by atoms with Crippen LogP contribution in [-0.2, 0) is 19.6 Å². The Morgan fingerprint density at radius 1 is 1.09 bits per heavy atom. The Bertz CT molecular complexity index is 903. The number of ether oxygens (including phenoxy) is 1. The standard InChI is InChI=1S/C23H39N5O5S/c1-23(7-8-23)25-34(31,32)18-3-4-20-19(11-18)21(29)28(15-17-12-24-26(2)13-17)22(30)27(20)14-16-5-9-33-10-6-16/h16-20,24-25H,3-15H2,1-2H3. The Labute approximate surface area is 202 Å². The van der Waals surface area contributed by atoms with Crippen molar-refractivity contribution in [2.24, 2.45) is 17.8 Å². The second-order valence-electron chi connectivity index (χ2n) is 11.4. The first-order chi connectivity index (χ1) is 16.2. The number of sulfonamides is 1. The Morgan fingerprint density at radius 3 is 2.47 bits per heavy atom. The van der Waals surface area contributed by atoms with Gasteiger partial charge < -0.3 is 9.64 Å². The molecule has 4 atom stereocenters. The van der Waals surface area contributed by atoms with Crippen LogP contribution in [0.3, 0.4) is 0 Å². The number of fused-ring (bicyclic) bond motifs is 1. The number of urea groups is 1. The molecule has 0 aromatic carbocycles. The summed E-state index contributed by atoms with van der Waals surface area (Å²) < 4.78 is 34.7. The van der Waals surface area contributed by atoms with Gasteiger partial charge in [-0.15, -0.1) is 0 Å². The molecule has 2 saturated carbocycles. The van der Waals surface area contributed by atoms with Crippen molar-refractivity contribution in [1.82, 2.24) is 25.0 Å². The monoisotopic (exact) mass is 497 g/mol. The number of hydrogen-bond acceptors (Lipinski definition) is 7. The van der Waals surface area contributed by atoms with E-state index in [1.807, 2.05) is 23.9 Å². The molecule has 10 nitrogen and oxygen atoms in total.